The van der Waals surface area contributed by atoms with Crippen molar-refractivity contribution >= 4 is 32.8 Å². The van der Waals surface area contributed by atoms with Crippen LogP contribution < -0.4 is 0 Å². The zero-order valence-electron chi connectivity index (χ0n) is 22.8. The van der Waals surface area contributed by atoms with Gasteiger partial charge in [0, 0.05) is 45.3 Å². The van der Waals surface area contributed by atoms with Crippen LogP contribution in [0.3, 0.4) is 0 Å². The van der Waals surface area contributed by atoms with Crippen molar-refractivity contribution in [3.63, 3.8) is 0 Å². The van der Waals surface area contributed by atoms with E-state index in [1.165, 1.54) is 0 Å². The number of ether oxygens (including phenoxy) is 2. The Balaban J connectivity index is 1.42. The molecule has 2 aliphatic rings. The van der Waals surface area contributed by atoms with Crippen molar-refractivity contribution in [3.05, 3.63) is 71.8 Å². The monoisotopic (exact) mass is 560 g/mol. The number of carbonyl (C=O) groups is 1. The Morgan fingerprint density at radius 3 is 2.11 bits per heavy atom. The molecule has 3 unspecified atom stereocenters. The number of alkyl halides is 1. The number of hydrogen-bond donors (Lipinski definition) is 0. The van der Waals surface area contributed by atoms with Gasteiger partial charge in [-0.25, -0.2) is 9.34 Å². The summed E-state index contributed by atoms with van der Waals surface area (Å²) in [5, 5.41) is 0. The molecular formula is C27H39BClN4O4P. The number of nitrogens with zero attached hydrogens (tertiary/aromatic N) is 4. The number of rotatable bonds is 9. The van der Waals surface area contributed by atoms with Crippen LogP contribution in [0, 0.1) is 0 Å². The second-order valence-electron chi connectivity index (χ2n) is 10.4. The lowest BCUT2D eigenvalue weighted by molar-refractivity contribution is -0.134. The van der Waals surface area contributed by atoms with Crippen LogP contribution >= 0.6 is 19.0 Å². The second kappa shape index (κ2) is 12.6. The highest BCUT2D eigenvalue weighted by molar-refractivity contribution is 7.58. The summed E-state index contributed by atoms with van der Waals surface area (Å²) in [6.07, 6.45) is 0.0704. The number of carbonyl (C=O) groups excluding carboxylic acids is 1. The van der Waals surface area contributed by atoms with E-state index in [4.69, 9.17) is 21.1 Å². The summed E-state index contributed by atoms with van der Waals surface area (Å²) in [4.78, 5) is 16.7. The van der Waals surface area contributed by atoms with E-state index in [1.54, 1.807) is 9.57 Å². The molecule has 0 N–H and O–H groups in total. The van der Waals surface area contributed by atoms with Crippen molar-refractivity contribution in [2.45, 2.75) is 17.0 Å². The van der Waals surface area contributed by atoms with E-state index >= 15 is 0 Å². The number of morpholine rings is 1. The van der Waals surface area contributed by atoms with E-state index in [0.717, 1.165) is 24.2 Å². The van der Waals surface area contributed by atoms with Gasteiger partial charge in [0.1, 0.15) is 14.2 Å². The summed E-state index contributed by atoms with van der Waals surface area (Å²) in [5.41, 5.74) is 1.47. The van der Waals surface area contributed by atoms with Crippen molar-refractivity contribution in [1.29, 1.82) is 0 Å². The van der Waals surface area contributed by atoms with Gasteiger partial charge in [-0.3, -0.25) is 9.36 Å². The molecule has 3 atom stereocenters. The maximum Gasteiger partial charge on any atom is 0.252 e. The lowest BCUT2D eigenvalue weighted by atomic mass is 9.88. The van der Waals surface area contributed by atoms with Crippen LogP contribution in [-0.2, 0) is 23.7 Å². The Morgan fingerprint density at radius 2 is 1.61 bits per heavy atom. The van der Waals surface area contributed by atoms with Gasteiger partial charge in [0.15, 0.2) is 4.87 Å². The third-order valence-electron chi connectivity index (χ3n) is 7.32. The Bertz CT molecular complexity index is 1060. The maximum atomic E-state index is 14.1. The maximum absolute atomic E-state index is 14.1. The summed E-state index contributed by atoms with van der Waals surface area (Å²) in [6, 6.07) is 19.1. The van der Waals surface area contributed by atoms with Crippen LogP contribution in [0.5, 0.6) is 0 Å². The Labute approximate surface area is 232 Å². The SMILES string of the molecule is BC1CN(C)CC(COCP(=O)(N(C)C)N2CCN(C(=O)C(Cl)(c3ccccc3)c3ccccc3)CC2)O1. The Kier molecular flexibility index (Phi) is 9.74. The van der Waals surface area contributed by atoms with Crippen molar-refractivity contribution in [1.82, 2.24) is 19.1 Å². The molecule has 0 radical (unpaired) electrons. The molecule has 38 heavy (non-hydrogen) atoms. The van der Waals surface area contributed by atoms with E-state index in [0.29, 0.717) is 32.8 Å². The van der Waals surface area contributed by atoms with E-state index in [9.17, 15) is 9.36 Å². The van der Waals surface area contributed by atoms with Crippen molar-refractivity contribution < 1.29 is 18.8 Å². The molecule has 0 bridgehead atoms. The number of likely N-dealkylation sites (N-methyl/N-ethyl adjacent to an activating group) is 1. The average Bonchev–Trinajstić information content (AvgIpc) is 2.92. The van der Waals surface area contributed by atoms with Crippen molar-refractivity contribution in [2.75, 3.05) is 73.4 Å². The first-order chi connectivity index (χ1) is 18.1. The largest absolute Gasteiger partial charge is 0.379 e. The van der Waals surface area contributed by atoms with Gasteiger partial charge < -0.3 is 19.3 Å². The van der Waals surface area contributed by atoms with E-state index in [1.807, 2.05) is 79.4 Å². The molecule has 2 aromatic rings. The fourth-order valence-electron chi connectivity index (χ4n) is 5.30. The molecule has 8 nitrogen and oxygen atoms in total. The van der Waals surface area contributed by atoms with Crippen molar-refractivity contribution in [2.24, 2.45) is 0 Å². The molecule has 2 fully saturated rings. The number of piperazine rings is 1. The third-order valence-corrected chi connectivity index (χ3v) is 11.0. The van der Waals surface area contributed by atoms with Crippen LogP contribution in [0.15, 0.2) is 60.7 Å². The predicted octanol–water partition coefficient (Wildman–Crippen LogP) is 2.33. The quantitative estimate of drug-likeness (QED) is 0.265. The smallest absolute Gasteiger partial charge is 0.252 e. The van der Waals surface area contributed by atoms with E-state index < -0.39 is 12.3 Å². The molecule has 0 saturated carbocycles. The normalized spacial score (nSPS) is 23.3. The first-order valence-corrected chi connectivity index (χ1v) is 15.4. The first-order valence-electron chi connectivity index (χ1n) is 13.2. The summed E-state index contributed by atoms with van der Waals surface area (Å²) in [7, 11) is 4.80. The third kappa shape index (κ3) is 6.36. The fourth-order valence-corrected chi connectivity index (χ4v) is 7.72. The Hall–Kier alpha value is -1.71. The molecule has 2 saturated heterocycles. The highest BCUT2D eigenvalue weighted by Crippen LogP contribution is 2.52. The molecule has 0 aliphatic carbocycles. The van der Waals surface area contributed by atoms with E-state index in [-0.39, 0.29) is 24.4 Å². The molecule has 0 aromatic heterocycles. The zero-order chi connectivity index (χ0) is 27.3. The standard InChI is InChI=1S/C27H39BClN4O4P/c1-30(2)38(35,21-36-20-24-18-31(3)19-25(28)37-24)33-16-14-32(15-17-33)26(34)27(29,22-10-6-4-7-11-22)23-12-8-5-9-13-23/h4-13,24-25H,14-21,28H2,1-3H3. The van der Waals surface area contributed by atoms with Gasteiger partial charge >= 0.3 is 0 Å². The van der Waals surface area contributed by atoms with Gasteiger partial charge in [-0.2, -0.15) is 0 Å². The lowest BCUT2D eigenvalue weighted by Gasteiger charge is -2.43. The van der Waals surface area contributed by atoms with Crippen LogP contribution in [0.25, 0.3) is 0 Å². The Morgan fingerprint density at radius 1 is 1.05 bits per heavy atom. The predicted molar refractivity (Wildman–Crippen MR) is 154 cm³/mol. The number of hydrogen-bond acceptors (Lipinski definition) is 5. The van der Waals surface area contributed by atoms with Crippen LogP contribution in [0.2, 0.25) is 0 Å². The number of benzene rings is 2. The fraction of sp³-hybridized carbons (Fsp3) is 0.519. The molecule has 206 valence electrons. The van der Waals surface area contributed by atoms with Crippen LogP contribution in [-0.4, -0.2) is 118 Å². The lowest BCUT2D eigenvalue weighted by Crippen LogP contribution is -2.53. The first kappa shape index (κ1) is 29.3. The molecule has 2 aliphatic heterocycles. The van der Waals surface area contributed by atoms with Gasteiger partial charge in [0.25, 0.3) is 5.91 Å². The van der Waals surface area contributed by atoms with Crippen LogP contribution in [0.1, 0.15) is 11.1 Å². The van der Waals surface area contributed by atoms with Gasteiger partial charge in [0.05, 0.1) is 12.7 Å². The molecule has 2 aromatic carbocycles. The number of amides is 1. The van der Waals surface area contributed by atoms with Crippen LogP contribution in [0.4, 0.5) is 0 Å². The summed E-state index contributed by atoms with van der Waals surface area (Å²) < 4.78 is 29.8. The number of halogens is 1. The van der Waals surface area contributed by atoms with Gasteiger partial charge in [-0.1, -0.05) is 72.3 Å². The second-order valence-corrected chi connectivity index (χ2v) is 14.0. The summed E-state index contributed by atoms with van der Waals surface area (Å²) in [6.45, 7) is 3.89. The molecule has 0 spiro atoms. The minimum atomic E-state index is -2.97. The average molecular weight is 561 g/mol. The van der Waals surface area contributed by atoms with Crippen molar-refractivity contribution in [3.8, 4) is 0 Å². The molecule has 2 heterocycles. The summed E-state index contributed by atoms with van der Waals surface area (Å²) >= 11 is 7.21. The van der Waals surface area contributed by atoms with E-state index in [2.05, 4.69) is 19.8 Å². The zero-order valence-corrected chi connectivity index (χ0v) is 24.5. The van der Waals surface area contributed by atoms with Gasteiger partial charge in [-0.15, -0.1) is 0 Å². The topological polar surface area (TPSA) is 65.6 Å². The minimum Gasteiger partial charge on any atom is -0.379 e. The highest BCUT2D eigenvalue weighted by Gasteiger charge is 2.45. The minimum absolute atomic E-state index is 0.0401. The highest BCUT2D eigenvalue weighted by atomic mass is 35.5. The molecular weight excluding hydrogens is 522 g/mol. The molecule has 11 heteroatoms. The molecule has 1 amide bonds. The molecule has 4 rings (SSSR count). The summed E-state index contributed by atoms with van der Waals surface area (Å²) in [5.74, 6) is -0.167. The van der Waals surface area contributed by atoms with Gasteiger partial charge in [-0.05, 0) is 32.3 Å². The van der Waals surface area contributed by atoms with Gasteiger partial charge in [0.2, 0.25) is 7.44 Å².